The Labute approximate surface area is 200 Å². The van der Waals surface area contributed by atoms with Crippen LogP contribution in [0, 0.1) is 11.8 Å². The average Bonchev–Trinajstić information content (AvgIpc) is 3.53. The number of nitrogens with zero attached hydrogens (tertiary/aromatic N) is 2. The third kappa shape index (κ3) is 4.62. The van der Waals surface area contributed by atoms with Crippen molar-refractivity contribution in [2.24, 2.45) is 11.8 Å². The summed E-state index contributed by atoms with van der Waals surface area (Å²) in [6.07, 6.45) is 6.37. The molecule has 1 aliphatic carbocycles. The molecule has 2 aromatic heterocycles. The molecule has 0 bridgehead atoms. The van der Waals surface area contributed by atoms with E-state index in [4.69, 9.17) is 13.7 Å². The van der Waals surface area contributed by atoms with Crippen molar-refractivity contribution in [3.8, 4) is 17.1 Å². The molecule has 180 valence electrons. The standard InChI is InChI=1S/C27H33N3O4/c1-18-8-5-11-23(19(18)2)30(16-20-9-6-15-32-20)14-7-13-28-27(31)25-22-17-33-24-12-4-3-10-21(24)26(22)34-29-25/h3-4,6,9-10,12,15,18-19,23H,5,7-8,11,13-14,16-17H2,1-2H3,(H,28,31)/t18-,19-,23-/m1/s1. The van der Waals surface area contributed by atoms with Crippen LogP contribution in [0.1, 0.15) is 61.3 Å². The molecule has 1 N–H and O–H groups in total. The van der Waals surface area contributed by atoms with Gasteiger partial charge in [-0.3, -0.25) is 9.69 Å². The van der Waals surface area contributed by atoms with Crippen LogP contribution in [-0.2, 0) is 13.2 Å². The van der Waals surface area contributed by atoms with Crippen LogP contribution in [0.25, 0.3) is 11.3 Å². The van der Waals surface area contributed by atoms with Crippen molar-refractivity contribution in [1.29, 1.82) is 0 Å². The highest BCUT2D eigenvalue weighted by atomic mass is 16.5. The SMILES string of the molecule is C[C@@H]1[C@H](C)CCC[C@H]1N(CCCNC(=O)c1noc2c1COc1ccccc1-2)Cc1ccco1. The summed E-state index contributed by atoms with van der Waals surface area (Å²) in [7, 11) is 0. The van der Waals surface area contributed by atoms with Crippen LogP contribution in [0.15, 0.2) is 51.6 Å². The van der Waals surface area contributed by atoms with E-state index in [1.165, 1.54) is 19.3 Å². The van der Waals surface area contributed by atoms with Crippen LogP contribution in [0.5, 0.6) is 5.75 Å². The van der Waals surface area contributed by atoms with Gasteiger partial charge in [0.05, 0.1) is 23.9 Å². The summed E-state index contributed by atoms with van der Waals surface area (Å²) in [6, 6.07) is 12.2. The maximum atomic E-state index is 12.9. The van der Waals surface area contributed by atoms with Gasteiger partial charge in [0.1, 0.15) is 18.1 Å². The third-order valence-electron chi connectivity index (χ3n) is 7.49. The zero-order chi connectivity index (χ0) is 23.5. The number of hydrogen-bond acceptors (Lipinski definition) is 6. The number of rotatable bonds is 8. The normalized spacial score (nSPS) is 21.6. The highest BCUT2D eigenvalue weighted by molar-refractivity contribution is 5.95. The first-order valence-corrected chi connectivity index (χ1v) is 12.4. The van der Waals surface area contributed by atoms with Gasteiger partial charge in [0.15, 0.2) is 11.5 Å². The molecule has 0 saturated heterocycles. The molecule has 3 heterocycles. The van der Waals surface area contributed by atoms with E-state index in [1.807, 2.05) is 36.4 Å². The molecule has 7 nitrogen and oxygen atoms in total. The summed E-state index contributed by atoms with van der Waals surface area (Å²) < 4.78 is 17.0. The molecule has 2 aliphatic rings. The van der Waals surface area contributed by atoms with Crippen LogP contribution in [-0.4, -0.2) is 35.1 Å². The Hall–Kier alpha value is -3.06. The Morgan fingerprint density at radius 2 is 2.06 bits per heavy atom. The number of aromatic nitrogens is 1. The van der Waals surface area contributed by atoms with E-state index in [1.54, 1.807) is 6.26 Å². The van der Waals surface area contributed by atoms with Crippen LogP contribution < -0.4 is 10.1 Å². The molecule has 3 atom stereocenters. The van der Waals surface area contributed by atoms with E-state index in [-0.39, 0.29) is 12.5 Å². The van der Waals surface area contributed by atoms with Gasteiger partial charge < -0.3 is 19.0 Å². The Morgan fingerprint density at radius 1 is 1.18 bits per heavy atom. The van der Waals surface area contributed by atoms with Crippen molar-refractivity contribution in [2.45, 2.75) is 58.7 Å². The third-order valence-corrected chi connectivity index (χ3v) is 7.49. The number of fused-ring (bicyclic) bond motifs is 3. The van der Waals surface area contributed by atoms with E-state index in [0.717, 1.165) is 42.5 Å². The largest absolute Gasteiger partial charge is 0.488 e. The van der Waals surface area contributed by atoms with Gasteiger partial charge in [0.25, 0.3) is 5.91 Å². The predicted molar refractivity (Wildman–Crippen MR) is 128 cm³/mol. The van der Waals surface area contributed by atoms with Crippen molar-refractivity contribution >= 4 is 5.91 Å². The van der Waals surface area contributed by atoms with Crippen molar-refractivity contribution in [3.63, 3.8) is 0 Å². The second-order valence-corrected chi connectivity index (χ2v) is 9.62. The quantitative estimate of drug-likeness (QED) is 0.458. The Bertz CT molecular complexity index is 1110. The first-order chi connectivity index (χ1) is 16.6. The molecule has 1 saturated carbocycles. The molecule has 1 aliphatic heterocycles. The second kappa shape index (κ2) is 10.1. The van der Waals surface area contributed by atoms with E-state index >= 15 is 0 Å². The minimum Gasteiger partial charge on any atom is -0.488 e. The number of nitrogens with one attached hydrogen (secondary N) is 1. The molecular formula is C27H33N3O4. The smallest absolute Gasteiger partial charge is 0.273 e. The monoisotopic (exact) mass is 463 g/mol. The maximum absolute atomic E-state index is 12.9. The summed E-state index contributed by atoms with van der Waals surface area (Å²) in [5.41, 5.74) is 1.85. The molecule has 5 rings (SSSR count). The van der Waals surface area contributed by atoms with Gasteiger partial charge >= 0.3 is 0 Å². The average molecular weight is 464 g/mol. The summed E-state index contributed by atoms with van der Waals surface area (Å²) in [4.78, 5) is 15.4. The van der Waals surface area contributed by atoms with Crippen LogP contribution in [0.2, 0.25) is 0 Å². The number of amides is 1. The summed E-state index contributed by atoms with van der Waals surface area (Å²) in [5, 5.41) is 7.09. The van der Waals surface area contributed by atoms with Crippen LogP contribution in [0.3, 0.4) is 0 Å². The van der Waals surface area contributed by atoms with Crippen LogP contribution in [0.4, 0.5) is 0 Å². The summed E-state index contributed by atoms with van der Waals surface area (Å²) >= 11 is 0. The Morgan fingerprint density at radius 3 is 2.91 bits per heavy atom. The molecule has 7 heteroatoms. The van der Waals surface area contributed by atoms with E-state index < -0.39 is 0 Å². The van der Waals surface area contributed by atoms with E-state index in [2.05, 4.69) is 29.2 Å². The number of carbonyl (C=O) groups is 1. The van der Waals surface area contributed by atoms with Gasteiger partial charge in [-0.1, -0.05) is 44.0 Å². The number of para-hydroxylation sites is 1. The lowest BCUT2D eigenvalue weighted by Gasteiger charge is -2.41. The molecule has 1 amide bonds. The fraction of sp³-hybridized carbons (Fsp3) is 0.481. The van der Waals surface area contributed by atoms with Gasteiger partial charge in [-0.15, -0.1) is 0 Å². The van der Waals surface area contributed by atoms with Gasteiger partial charge in [0.2, 0.25) is 0 Å². The fourth-order valence-corrected chi connectivity index (χ4v) is 5.36. The Kier molecular flexibility index (Phi) is 6.72. The lowest BCUT2D eigenvalue weighted by Crippen LogP contribution is -2.44. The molecular weight excluding hydrogens is 430 g/mol. The maximum Gasteiger partial charge on any atom is 0.273 e. The molecule has 0 radical (unpaired) electrons. The number of hydrogen-bond donors (Lipinski definition) is 1. The second-order valence-electron chi connectivity index (χ2n) is 9.62. The van der Waals surface area contributed by atoms with Crippen molar-refractivity contribution in [2.75, 3.05) is 13.1 Å². The minimum atomic E-state index is -0.217. The van der Waals surface area contributed by atoms with Crippen LogP contribution >= 0.6 is 0 Å². The van der Waals surface area contributed by atoms with Gasteiger partial charge in [-0.2, -0.15) is 0 Å². The first-order valence-electron chi connectivity index (χ1n) is 12.4. The highest BCUT2D eigenvalue weighted by Gasteiger charge is 2.32. The zero-order valence-corrected chi connectivity index (χ0v) is 20.0. The van der Waals surface area contributed by atoms with Gasteiger partial charge in [-0.25, -0.2) is 0 Å². The van der Waals surface area contributed by atoms with Crippen molar-refractivity contribution in [1.82, 2.24) is 15.4 Å². The molecule has 0 unspecified atom stereocenters. The predicted octanol–water partition coefficient (Wildman–Crippen LogP) is 5.27. The van der Waals surface area contributed by atoms with E-state index in [0.29, 0.717) is 35.5 Å². The fourth-order valence-electron chi connectivity index (χ4n) is 5.36. The lowest BCUT2D eigenvalue weighted by atomic mass is 9.77. The highest BCUT2D eigenvalue weighted by Crippen LogP contribution is 2.38. The van der Waals surface area contributed by atoms with Gasteiger partial charge in [-0.05, 0) is 48.9 Å². The van der Waals surface area contributed by atoms with Crippen molar-refractivity contribution in [3.05, 3.63) is 59.7 Å². The molecule has 3 aromatic rings. The number of ether oxygens (including phenoxy) is 1. The number of benzene rings is 1. The summed E-state index contributed by atoms with van der Waals surface area (Å²) in [5.74, 6) is 3.51. The topological polar surface area (TPSA) is 80.7 Å². The van der Waals surface area contributed by atoms with E-state index in [9.17, 15) is 4.79 Å². The minimum absolute atomic E-state index is 0.217. The number of furan rings is 1. The van der Waals surface area contributed by atoms with Crippen molar-refractivity contribution < 1.29 is 18.5 Å². The molecule has 1 fully saturated rings. The molecule has 0 spiro atoms. The van der Waals surface area contributed by atoms with Gasteiger partial charge in [0, 0.05) is 19.1 Å². The first kappa shape index (κ1) is 22.7. The molecule has 1 aromatic carbocycles. The summed E-state index contributed by atoms with van der Waals surface area (Å²) in [6.45, 7) is 7.30. The molecule has 34 heavy (non-hydrogen) atoms. The lowest BCUT2D eigenvalue weighted by molar-refractivity contribution is 0.0680. The number of carbonyl (C=O) groups excluding carboxylic acids is 1. The zero-order valence-electron chi connectivity index (χ0n) is 20.0. The Balaban J connectivity index is 1.19.